The number of nitrogens with zero attached hydrogens (tertiary/aromatic N) is 3. The Morgan fingerprint density at radius 3 is 2.67 bits per heavy atom. The van der Waals surface area contributed by atoms with Gasteiger partial charge in [0.25, 0.3) is 0 Å². The number of rotatable bonds is 7. The van der Waals surface area contributed by atoms with Crippen LogP contribution in [0.25, 0.3) is 0 Å². The van der Waals surface area contributed by atoms with Crippen molar-refractivity contribution in [1.29, 1.82) is 0 Å². The SMILES string of the molecule is CN(C(=O)CN(Cc1ccccc1)Cc1ccco1)c1nccs1. The van der Waals surface area contributed by atoms with Gasteiger partial charge in [-0.2, -0.15) is 0 Å². The summed E-state index contributed by atoms with van der Waals surface area (Å²) in [6.07, 6.45) is 3.36. The van der Waals surface area contributed by atoms with Gasteiger partial charge >= 0.3 is 0 Å². The lowest BCUT2D eigenvalue weighted by atomic mass is 10.2. The largest absolute Gasteiger partial charge is 0.468 e. The van der Waals surface area contributed by atoms with Gasteiger partial charge in [0, 0.05) is 25.2 Å². The summed E-state index contributed by atoms with van der Waals surface area (Å²) in [7, 11) is 1.76. The molecule has 2 heterocycles. The third kappa shape index (κ3) is 4.31. The smallest absolute Gasteiger partial charge is 0.242 e. The van der Waals surface area contributed by atoms with E-state index in [9.17, 15) is 4.79 Å². The van der Waals surface area contributed by atoms with Gasteiger partial charge in [-0.25, -0.2) is 4.98 Å². The highest BCUT2D eigenvalue weighted by Gasteiger charge is 2.18. The van der Waals surface area contributed by atoms with Crippen molar-refractivity contribution in [3.05, 3.63) is 71.6 Å². The van der Waals surface area contributed by atoms with Crippen LogP contribution in [0, 0.1) is 0 Å². The van der Waals surface area contributed by atoms with E-state index in [1.54, 1.807) is 24.4 Å². The first-order valence-corrected chi connectivity index (χ1v) is 8.55. The molecule has 0 aliphatic rings. The zero-order chi connectivity index (χ0) is 16.8. The number of carbonyl (C=O) groups excluding carboxylic acids is 1. The van der Waals surface area contributed by atoms with Gasteiger partial charge in [-0.15, -0.1) is 11.3 Å². The number of benzene rings is 1. The molecule has 0 fully saturated rings. The number of hydrogen-bond donors (Lipinski definition) is 0. The van der Waals surface area contributed by atoms with Gasteiger partial charge in [-0.05, 0) is 17.7 Å². The van der Waals surface area contributed by atoms with E-state index in [2.05, 4.69) is 22.0 Å². The minimum Gasteiger partial charge on any atom is -0.468 e. The van der Waals surface area contributed by atoms with Gasteiger partial charge in [-0.1, -0.05) is 30.3 Å². The normalized spacial score (nSPS) is 10.9. The van der Waals surface area contributed by atoms with Crippen LogP contribution in [0.15, 0.2) is 64.7 Å². The monoisotopic (exact) mass is 341 g/mol. The highest BCUT2D eigenvalue weighted by atomic mass is 32.1. The van der Waals surface area contributed by atoms with E-state index in [1.165, 1.54) is 11.3 Å². The summed E-state index contributed by atoms with van der Waals surface area (Å²) in [4.78, 5) is 20.5. The summed E-state index contributed by atoms with van der Waals surface area (Å²) in [6.45, 7) is 1.56. The number of thiazole rings is 1. The predicted octanol–water partition coefficient (Wildman–Crippen LogP) is 3.40. The second kappa shape index (κ2) is 7.90. The minimum absolute atomic E-state index is 0.00689. The second-order valence-corrected chi connectivity index (χ2v) is 6.35. The fourth-order valence-electron chi connectivity index (χ4n) is 2.42. The van der Waals surface area contributed by atoms with Gasteiger partial charge in [0.05, 0.1) is 19.4 Å². The van der Waals surface area contributed by atoms with Gasteiger partial charge in [0.1, 0.15) is 5.76 Å². The van der Waals surface area contributed by atoms with Crippen molar-refractivity contribution in [2.75, 3.05) is 18.5 Å². The Morgan fingerprint density at radius 1 is 1.17 bits per heavy atom. The zero-order valence-electron chi connectivity index (χ0n) is 13.5. The van der Waals surface area contributed by atoms with E-state index >= 15 is 0 Å². The fraction of sp³-hybridized carbons (Fsp3) is 0.222. The number of anilines is 1. The Bertz CT molecular complexity index is 742. The molecule has 1 aromatic carbocycles. The van der Waals surface area contributed by atoms with E-state index in [0.717, 1.165) is 11.3 Å². The lowest BCUT2D eigenvalue weighted by Crippen LogP contribution is -2.37. The molecule has 0 aliphatic carbocycles. The molecular weight excluding hydrogens is 322 g/mol. The molecule has 124 valence electrons. The maximum Gasteiger partial charge on any atom is 0.242 e. The lowest BCUT2D eigenvalue weighted by Gasteiger charge is -2.23. The number of likely N-dealkylation sites (N-methyl/N-ethyl adjacent to an activating group) is 1. The van der Waals surface area contributed by atoms with E-state index < -0.39 is 0 Å². The molecule has 0 atom stereocenters. The van der Waals surface area contributed by atoms with Crippen molar-refractivity contribution < 1.29 is 9.21 Å². The van der Waals surface area contributed by atoms with Crippen LogP contribution in [-0.4, -0.2) is 29.4 Å². The van der Waals surface area contributed by atoms with Crippen LogP contribution in [0.1, 0.15) is 11.3 Å². The highest BCUT2D eigenvalue weighted by Crippen LogP contribution is 2.17. The number of aromatic nitrogens is 1. The fourth-order valence-corrected chi connectivity index (χ4v) is 3.04. The maximum absolute atomic E-state index is 12.6. The molecule has 24 heavy (non-hydrogen) atoms. The van der Waals surface area contributed by atoms with Crippen LogP contribution in [0.3, 0.4) is 0 Å². The number of furan rings is 1. The van der Waals surface area contributed by atoms with Crippen molar-refractivity contribution in [3.8, 4) is 0 Å². The Morgan fingerprint density at radius 2 is 2.00 bits per heavy atom. The topological polar surface area (TPSA) is 49.6 Å². The van der Waals surface area contributed by atoms with Gasteiger partial charge in [0.15, 0.2) is 5.13 Å². The summed E-state index contributed by atoms with van der Waals surface area (Å²) in [5, 5.41) is 2.57. The average molecular weight is 341 g/mol. The average Bonchev–Trinajstić information content (AvgIpc) is 3.28. The quantitative estimate of drug-likeness (QED) is 0.661. The van der Waals surface area contributed by atoms with Crippen molar-refractivity contribution >= 4 is 22.4 Å². The van der Waals surface area contributed by atoms with Crippen LogP contribution < -0.4 is 4.90 Å². The number of amides is 1. The van der Waals surface area contributed by atoms with E-state index in [1.807, 2.05) is 35.7 Å². The third-order valence-corrected chi connectivity index (χ3v) is 4.50. The summed E-state index contributed by atoms with van der Waals surface area (Å²) >= 11 is 1.45. The molecule has 0 bridgehead atoms. The predicted molar refractivity (Wildman–Crippen MR) is 94.8 cm³/mol. The van der Waals surface area contributed by atoms with Crippen molar-refractivity contribution in [3.63, 3.8) is 0 Å². The standard InChI is InChI=1S/C18H19N3O2S/c1-20(18-19-9-11-24-18)17(22)14-21(13-16-8-5-10-23-16)12-15-6-3-2-4-7-15/h2-11H,12-14H2,1H3. The number of carbonyl (C=O) groups is 1. The third-order valence-electron chi connectivity index (χ3n) is 3.65. The van der Waals surface area contributed by atoms with E-state index in [0.29, 0.717) is 24.8 Å². The molecule has 0 aliphatic heterocycles. The first kappa shape index (κ1) is 16.4. The summed E-state index contributed by atoms with van der Waals surface area (Å²) in [5.41, 5.74) is 1.16. The van der Waals surface area contributed by atoms with Crippen LogP contribution in [0.2, 0.25) is 0 Å². The van der Waals surface area contributed by atoms with Gasteiger partial charge in [0.2, 0.25) is 5.91 Å². The molecule has 0 saturated carbocycles. The lowest BCUT2D eigenvalue weighted by molar-refractivity contribution is -0.119. The maximum atomic E-state index is 12.6. The summed E-state index contributed by atoms with van der Waals surface area (Å²) in [5.74, 6) is 0.850. The van der Waals surface area contributed by atoms with Crippen molar-refractivity contribution in [2.24, 2.45) is 0 Å². The van der Waals surface area contributed by atoms with E-state index in [4.69, 9.17) is 4.42 Å². The van der Waals surface area contributed by atoms with Crippen molar-refractivity contribution in [2.45, 2.75) is 13.1 Å². The molecule has 5 nitrogen and oxygen atoms in total. The molecular formula is C18H19N3O2S. The molecule has 0 radical (unpaired) electrons. The van der Waals surface area contributed by atoms with Gasteiger partial charge in [-0.3, -0.25) is 14.6 Å². The molecule has 0 N–H and O–H groups in total. The zero-order valence-corrected chi connectivity index (χ0v) is 14.3. The molecule has 3 rings (SSSR count). The van der Waals surface area contributed by atoms with Crippen LogP contribution in [0.5, 0.6) is 0 Å². The minimum atomic E-state index is 0.00689. The Labute approximate surface area is 145 Å². The summed E-state index contributed by atoms with van der Waals surface area (Å²) in [6, 6.07) is 13.9. The van der Waals surface area contributed by atoms with Gasteiger partial charge < -0.3 is 4.42 Å². The molecule has 0 spiro atoms. The number of hydrogen-bond acceptors (Lipinski definition) is 5. The van der Waals surface area contributed by atoms with Crippen molar-refractivity contribution in [1.82, 2.24) is 9.88 Å². The Kier molecular flexibility index (Phi) is 5.40. The van der Waals surface area contributed by atoms with Crippen LogP contribution in [0.4, 0.5) is 5.13 Å². The first-order valence-electron chi connectivity index (χ1n) is 7.67. The van der Waals surface area contributed by atoms with Crippen LogP contribution >= 0.6 is 11.3 Å². The molecule has 0 unspecified atom stereocenters. The molecule has 2 aromatic heterocycles. The Balaban J connectivity index is 1.70. The van der Waals surface area contributed by atoms with Crippen LogP contribution in [-0.2, 0) is 17.9 Å². The first-order chi connectivity index (χ1) is 11.7. The molecule has 0 saturated heterocycles. The van der Waals surface area contributed by atoms with E-state index in [-0.39, 0.29) is 5.91 Å². The Hall–Kier alpha value is -2.44. The highest BCUT2D eigenvalue weighted by molar-refractivity contribution is 7.13. The molecule has 1 amide bonds. The summed E-state index contributed by atoms with van der Waals surface area (Å²) < 4.78 is 5.44. The second-order valence-electron chi connectivity index (χ2n) is 5.48. The molecule has 6 heteroatoms. The molecule has 3 aromatic rings.